The van der Waals surface area contributed by atoms with Crippen LogP contribution in [-0.4, -0.2) is 24.5 Å². The summed E-state index contributed by atoms with van der Waals surface area (Å²) in [5, 5.41) is 8.79. The first kappa shape index (κ1) is 18.2. The van der Waals surface area contributed by atoms with Crippen molar-refractivity contribution in [1.82, 2.24) is 24.5 Å². The Morgan fingerprint density at radius 2 is 1.94 bits per heavy atom. The number of nitrogens with one attached hydrogen (secondary N) is 2. The maximum atomic E-state index is 13.2. The standard InChI is InChI=1S/C23H23N5O3/c1-12-16(29)9-8-15-19-21(31-20(12)15)17(13-10-24-27(2)11-13)18-22(25-19)28(26-23(18)30)14-6-4-3-5-7-14/h8-11,14,25H,3-7H2,1-2H3,(H,26,30). The molecule has 0 bridgehead atoms. The van der Waals surface area contributed by atoms with Gasteiger partial charge in [-0.25, -0.2) is 0 Å². The lowest BCUT2D eigenvalue weighted by Gasteiger charge is -2.23. The molecule has 6 rings (SSSR count). The van der Waals surface area contributed by atoms with E-state index >= 15 is 0 Å². The Morgan fingerprint density at radius 1 is 1.13 bits per heavy atom. The van der Waals surface area contributed by atoms with E-state index < -0.39 is 0 Å². The van der Waals surface area contributed by atoms with Gasteiger partial charge in [0.15, 0.2) is 11.0 Å². The average molecular weight is 417 g/mol. The predicted molar refractivity (Wildman–Crippen MR) is 120 cm³/mol. The van der Waals surface area contributed by atoms with Crippen molar-refractivity contribution in [2.24, 2.45) is 7.05 Å². The first-order valence-electron chi connectivity index (χ1n) is 10.7. The smallest absolute Gasteiger partial charge is 0.274 e. The number of nitrogens with zero attached hydrogens (tertiary/aromatic N) is 3. The average Bonchev–Trinajstić information content (AvgIpc) is 3.46. The maximum absolute atomic E-state index is 13.2. The maximum Gasteiger partial charge on any atom is 0.274 e. The van der Waals surface area contributed by atoms with Crippen molar-refractivity contribution in [1.29, 1.82) is 0 Å². The summed E-state index contributed by atoms with van der Waals surface area (Å²) in [5.41, 5.74) is 4.51. The van der Waals surface area contributed by atoms with Crippen LogP contribution in [0.15, 0.2) is 38.5 Å². The summed E-state index contributed by atoms with van der Waals surface area (Å²) in [7, 11) is 1.84. The molecule has 31 heavy (non-hydrogen) atoms. The first-order valence-corrected chi connectivity index (χ1v) is 10.7. The number of furan rings is 1. The van der Waals surface area contributed by atoms with Crippen molar-refractivity contribution >= 4 is 33.1 Å². The van der Waals surface area contributed by atoms with Gasteiger partial charge in [-0.3, -0.25) is 24.1 Å². The van der Waals surface area contributed by atoms with E-state index in [1.54, 1.807) is 29.9 Å². The van der Waals surface area contributed by atoms with E-state index in [-0.39, 0.29) is 17.0 Å². The highest BCUT2D eigenvalue weighted by atomic mass is 16.3. The summed E-state index contributed by atoms with van der Waals surface area (Å²) in [6.45, 7) is 1.77. The molecule has 8 heteroatoms. The zero-order valence-electron chi connectivity index (χ0n) is 17.5. The molecule has 1 fully saturated rings. The molecule has 0 amide bonds. The van der Waals surface area contributed by atoms with Gasteiger partial charge < -0.3 is 9.40 Å². The van der Waals surface area contributed by atoms with E-state index in [0.29, 0.717) is 27.7 Å². The SMILES string of the molecule is Cc1c(=O)ccc2c1oc1c(-c3cnn(C)c3)c3c(=O)[nH]n(C4CCCCC4)c3[nH]c12. The fourth-order valence-electron chi connectivity index (χ4n) is 5.05. The van der Waals surface area contributed by atoms with Crippen molar-refractivity contribution < 1.29 is 4.42 Å². The fraction of sp³-hybridized carbons (Fsp3) is 0.348. The number of pyridine rings is 1. The summed E-state index contributed by atoms with van der Waals surface area (Å²) in [6.07, 6.45) is 9.25. The molecule has 0 saturated heterocycles. The molecular weight excluding hydrogens is 394 g/mol. The monoisotopic (exact) mass is 417 g/mol. The van der Waals surface area contributed by atoms with E-state index in [4.69, 9.17) is 4.42 Å². The molecule has 1 saturated carbocycles. The van der Waals surface area contributed by atoms with Gasteiger partial charge in [-0.05, 0) is 31.9 Å². The molecule has 0 atom stereocenters. The Hall–Kier alpha value is -3.55. The third kappa shape index (κ3) is 2.57. The highest BCUT2D eigenvalue weighted by Crippen LogP contribution is 2.39. The molecule has 4 heterocycles. The number of fused-ring (bicyclic) bond motifs is 4. The molecule has 8 nitrogen and oxygen atoms in total. The Labute approximate surface area is 176 Å². The van der Waals surface area contributed by atoms with Gasteiger partial charge in [0.1, 0.15) is 11.2 Å². The van der Waals surface area contributed by atoms with Crippen LogP contribution < -0.4 is 11.0 Å². The second kappa shape index (κ2) is 6.47. The van der Waals surface area contributed by atoms with Crippen LogP contribution in [0.3, 0.4) is 0 Å². The molecule has 0 radical (unpaired) electrons. The summed E-state index contributed by atoms with van der Waals surface area (Å²) < 4.78 is 9.96. The molecule has 0 unspecified atom stereocenters. The molecule has 1 aliphatic rings. The zero-order valence-corrected chi connectivity index (χ0v) is 17.5. The van der Waals surface area contributed by atoms with Gasteiger partial charge in [0, 0.05) is 35.3 Å². The van der Waals surface area contributed by atoms with Gasteiger partial charge >= 0.3 is 0 Å². The third-order valence-corrected chi connectivity index (χ3v) is 6.64. The Balaban J connectivity index is 1.80. The van der Waals surface area contributed by atoms with Crippen molar-refractivity contribution in [3.05, 3.63) is 50.7 Å². The number of rotatable bonds is 2. The molecule has 0 spiro atoms. The Kier molecular flexibility index (Phi) is 3.81. The number of hydrogen-bond acceptors (Lipinski definition) is 4. The molecule has 2 N–H and O–H groups in total. The number of H-pyrrole nitrogens is 2. The largest absolute Gasteiger partial charge is 0.453 e. The van der Waals surface area contributed by atoms with E-state index in [0.717, 1.165) is 47.8 Å². The van der Waals surface area contributed by atoms with Crippen LogP contribution in [0.1, 0.15) is 43.7 Å². The van der Waals surface area contributed by atoms with Gasteiger partial charge in [-0.15, -0.1) is 0 Å². The lowest BCUT2D eigenvalue weighted by Crippen LogP contribution is -2.16. The number of aryl methyl sites for hydroxylation is 2. The highest BCUT2D eigenvalue weighted by Gasteiger charge is 2.26. The van der Waals surface area contributed by atoms with E-state index in [1.807, 2.05) is 17.9 Å². The Bertz CT molecular complexity index is 1590. The number of hydrogen-bond donors (Lipinski definition) is 2. The molecule has 1 aliphatic carbocycles. The van der Waals surface area contributed by atoms with Crippen LogP contribution in [0.4, 0.5) is 0 Å². The van der Waals surface area contributed by atoms with E-state index in [9.17, 15) is 9.59 Å². The molecular formula is C23H23N5O3. The van der Waals surface area contributed by atoms with Crippen molar-refractivity contribution in [2.45, 2.75) is 45.1 Å². The normalized spacial score (nSPS) is 15.5. The van der Waals surface area contributed by atoms with Gasteiger partial charge in [-0.2, -0.15) is 5.10 Å². The summed E-state index contributed by atoms with van der Waals surface area (Å²) in [6, 6.07) is 3.61. The lowest BCUT2D eigenvalue weighted by molar-refractivity contribution is 0.335. The number of aromatic nitrogens is 5. The summed E-state index contributed by atoms with van der Waals surface area (Å²) >= 11 is 0. The van der Waals surface area contributed by atoms with Crippen LogP contribution in [0.5, 0.6) is 0 Å². The van der Waals surface area contributed by atoms with Gasteiger partial charge in [0.2, 0.25) is 0 Å². The first-order chi connectivity index (χ1) is 15.0. The molecule has 1 aromatic carbocycles. The minimum absolute atomic E-state index is 0.0661. The fourth-order valence-corrected chi connectivity index (χ4v) is 5.05. The van der Waals surface area contributed by atoms with Crippen molar-refractivity contribution in [2.75, 3.05) is 0 Å². The Morgan fingerprint density at radius 3 is 2.68 bits per heavy atom. The van der Waals surface area contributed by atoms with Crippen LogP contribution in [0.25, 0.3) is 44.2 Å². The van der Waals surface area contributed by atoms with Crippen molar-refractivity contribution in [3.8, 4) is 11.1 Å². The molecule has 158 valence electrons. The lowest BCUT2D eigenvalue weighted by atomic mass is 9.95. The minimum atomic E-state index is -0.153. The summed E-state index contributed by atoms with van der Waals surface area (Å²) in [5.74, 6) is 0. The van der Waals surface area contributed by atoms with Crippen LogP contribution >= 0.6 is 0 Å². The van der Waals surface area contributed by atoms with Crippen LogP contribution in [0.2, 0.25) is 0 Å². The minimum Gasteiger partial charge on any atom is -0.453 e. The molecule has 4 aromatic heterocycles. The van der Waals surface area contributed by atoms with Gasteiger partial charge in [0.25, 0.3) is 5.56 Å². The predicted octanol–water partition coefficient (Wildman–Crippen LogP) is 4.13. The number of aromatic amines is 2. The van der Waals surface area contributed by atoms with Gasteiger partial charge in [0.05, 0.1) is 23.1 Å². The molecule has 0 aliphatic heterocycles. The zero-order chi connectivity index (χ0) is 21.3. The van der Waals surface area contributed by atoms with Crippen molar-refractivity contribution in [3.63, 3.8) is 0 Å². The van der Waals surface area contributed by atoms with E-state index in [1.165, 1.54) is 6.42 Å². The van der Waals surface area contributed by atoms with Crippen LogP contribution in [0, 0.1) is 6.92 Å². The second-order valence-corrected chi connectivity index (χ2v) is 8.60. The van der Waals surface area contributed by atoms with E-state index in [2.05, 4.69) is 15.2 Å². The highest BCUT2D eigenvalue weighted by molar-refractivity contribution is 6.14. The van der Waals surface area contributed by atoms with Gasteiger partial charge in [-0.1, -0.05) is 19.3 Å². The second-order valence-electron chi connectivity index (χ2n) is 8.60. The third-order valence-electron chi connectivity index (χ3n) is 6.64. The number of benzene rings is 1. The van der Waals surface area contributed by atoms with Crippen LogP contribution in [-0.2, 0) is 7.05 Å². The quantitative estimate of drug-likeness (QED) is 0.451. The molecule has 5 aromatic rings. The summed E-state index contributed by atoms with van der Waals surface area (Å²) in [4.78, 5) is 28.9. The topological polar surface area (TPSA) is 102 Å².